The zero-order valence-corrected chi connectivity index (χ0v) is 11.1. The Morgan fingerprint density at radius 1 is 1.41 bits per heavy atom. The van der Waals surface area contributed by atoms with E-state index in [0.29, 0.717) is 9.24 Å². The van der Waals surface area contributed by atoms with Crippen molar-refractivity contribution in [3.8, 4) is 0 Å². The fraction of sp³-hybridized carbons (Fsp3) is 0.200. The van der Waals surface area contributed by atoms with E-state index in [-0.39, 0.29) is 24.2 Å². The van der Waals surface area contributed by atoms with Crippen molar-refractivity contribution in [2.45, 2.75) is 0 Å². The van der Waals surface area contributed by atoms with Crippen molar-refractivity contribution < 1.29 is 9.59 Å². The predicted molar refractivity (Wildman–Crippen MR) is 71.1 cm³/mol. The van der Waals surface area contributed by atoms with E-state index < -0.39 is 0 Å². The molecule has 7 heteroatoms. The topological polar surface area (TPSA) is 63.4 Å². The molecule has 0 unspecified atom stereocenters. The minimum atomic E-state index is -0.282. The predicted octanol–water partition coefficient (Wildman–Crippen LogP) is 2.40. The van der Waals surface area contributed by atoms with Crippen molar-refractivity contribution in [2.75, 3.05) is 13.1 Å². The highest BCUT2D eigenvalue weighted by Crippen LogP contribution is 2.33. The van der Waals surface area contributed by atoms with Gasteiger partial charge in [0, 0.05) is 18.0 Å². The van der Waals surface area contributed by atoms with Crippen LogP contribution in [0.2, 0.25) is 4.34 Å². The van der Waals surface area contributed by atoms with Gasteiger partial charge in [-0.25, -0.2) is 0 Å². The number of hydrogen-bond donors (Lipinski definition) is 1. The van der Waals surface area contributed by atoms with E-state index in [1.807, 2.05) is 6.07 Å². The maximum atomic E-state index is 11.8. The molecule has 1 fully saturated rings. The quantitative estimate of drug-likeness (QED) is 0.868. The number of nitrogens with two attached hydrogens (primary N) is 1. The van der Waals surface area contributed by atoms with E-state index in [2.05, 4.69) is 0 Å². The second-order valence-electron chi connectivity index (χ2n) is 3.26. The lowest BCUT2D eigenvalue weighted by Crippen LogP contribution is -2.33. The molecule has 0 bridgehead atoms. The third-order valence-corrected chi connectivity index (χ3v) is 4.18. The van der Waals surface area contributed by atoms with Gasteiger partial charge in [-0.1, -0.05) is 11.6 Å². The molecule has 4 nitrogen and oxygen atoms in total. The van der Waals surface area contributed by atoms with E-state index in [1.54, 1.807) is 12.1 Å². The van der Waals surface area contributed by atoms with Crippen LogP contribution in [0.4, 0.5) is 4.79 Å². The molecule has 0 saturated carbocycles. The molecular weight excluding hydrogens is 280 g/mol. The van der Waals surface area contributed by atoms with Crippen molar-refractivity contribution in [2.24, 2.45) is 5.73 Å². The molecule has 0 aliphatic carbocycles. The number of carbonyl (C=O) groups excluding carboxylic acids is 2. The van der Waals surface area contributed by atoms with Crippen LogP contribution < -0.4 is 5.73 Å². The van der Waals surface area contributed by atoms with Crippen LogP contribution in [-0.2, 0) is 4.79 Å². The highest BCUT2D eigenvalue weighted by Gasteiger charge is 2.34. The maximum absolute atomic E-state index is 11.8. The molecule has 0 atom stereocenters. The summed E-state index contributed by atoms with van der Waals surface area (Å²) >= 11 is 8.09. The summed E-state index contributed by atoms with van der Waals surface area (Å²) in [4.78, 5) is 25.8. The summed E-state index contributed by atoms with van der Waals surface area (Å²) in [6.45, 7) is 0.531. The first-order valence-electron chi connectivity index (χ1n) is 4.82. The average molecular weight is 289 g/mol. The van der Waals surface area contributed by atoms with Crippen LogP contribution in [0.5, 0.6) is 0 Å². The van der Waals surface area contributed by atoms with Crippen LogP contribution in [0.15, 0.2) is 17.0 Å². The molecule has 1 aliphatic rings. The van der Waals surface area contributed by atoms with Gasteiger partial charge in [0.15, 0.2) is 0 Å². The molecule has 1 aliphatic heterocycles. The van der Waals surface area contributed by atoms with Crippen LogP contribution in [0.25, 0.3) is 6.08 Å². The van der Waals surface area contributed by atoms with Gasteiger partial charge in [0.1, 0.15) is 0 Å². The molecule has 17 heavy (non-hydrogen) atoms. The third kappa shape index (κ3) is 2.71. The fourth-order valence-corrected chi connectivity index (χ4v) is 3.29. The number of imide groups is 1. The minimum absolute atomic E-state index is 0.257. The van der Waals surface area contributed by atoms with Crippen LogP contribution in [-0.4, -0.2) is 29.1 Å². The van der Waals surface area contributed by atoms with Crippen LogP contribution in [0.3, 0.4) is 0 Å². The first-order valence-corrected chi connectivity index (χ1v) is 6.83. The number of thiophene rings is 1. The molecule has 0 spiro atoms. The number of amides is 2. The molecule has 90 valence electrons. The fourth-order valence-electron chi connectivity index (χ4n) is 1.36. The van der Waals surface area contributed by atoms with E-state index >= 15 is 0 Å². The van der Waals surface area contributed by atoms with Crippen molar-refractivity contribution >= 4 is 51.9 Å². The standard InChI is InChI=1S/C10H9ClN2O2S2/c11-8-2-1-6(16-8)5-7-9(14)13(4-3-12)10(15)17-7/h1-2,5H,3-4,12H2/b7-5-. The number of nitrogens with zero attached hydrogens (tertiary/aromatic N) is 1. The molecule has 1 aromatic rings. The van der Waals surface area contributed by atoms with Gasteiger partial charge in [-0.15, -0.1) is 11.3 Å². The van der Waals surface area contributed by atoms with Gasteiger partial charge in [-0.3, -0.25) is 14.5 Å². The van der Waals surface area contributed by atoms with E-state index in [9.17, 15) is 9.59 Å². The van der Waals surface area contributed by atoms with Crippen LogP contribution in [0.1, 0.15) is 4.88 Å². The second-order valence-corrected chi connectivity index (χ2v) is 6.00. The van der Waals surface area contributed by atoms with Gasteiger partial charge in [-0.05, 0) is 30.0 Å². The molecule has 2 heterocycles. The van der Waals surface area contributed by atoms with E-state index in [0.717, 1.165) is 21.5 Å². The van der Waals surface area contributed by atoms with Crippen molar-refractivity contribution in [1.82, 2.24) is 4.90 Å². The largest absolute Gasteiger partial charge is 0.329 e. The van der Waals surface area contributed by atoms with Crippen molar-refractivity contribution in [3.63, 3.8) is 0 Å². The summed E-state index contributed by atoms with van der Waals surface area (Å²) < 4.78 is 0.650. The zero-order chi connectivity index (χ0) is 12.4. The lowest BCUT2D eigenvalue weighted by molar-refractivity contribution is -0.122. The zero-order valence-electron chi connectivity index (χ0n) is 8.68. The Kier molecular flexibility index (Phi) is 3.88. The SMILES string of the molecule is NCCN1C(=O)S/C(=C\c2ccc(Cl)s2)C1=O. The number of rotatable bonds is 3. The maximum Gasteiger partial charge on any atom is 0.293 e. The lowest BCUT2D eigenvalue weighted by atomic mass is 10.3. The first-order chi connectivity index (χ1) is 8.11. The molecule has 2 N–H and O–H groups in total. The monoisotopic (exact) mass is 288 g/mol. The van der Waals surface area contributed by atoms with Gasteiger partial charge >= 0.3 is 0 Å². The second kappa shape index (κ2) is 5.22. The van der Waals surface area contributed by atoms with Crippen LogP contribution >= 0.6 is 34.7 Å². The Labute approximate surface area is 111 Å². The summed E-state index contributed by atoms with van der Waals surface area (Å²) in [7, 11) is 0. The molecule has 1 aromatic heterocycles. The van der Waals surface area contributed by atoms with Gasteiger partial charge in [0.25, 0.3) is 11.1 Å². The average Bonchev–Trinajstić information content (AvgIpc) is 2.79. The Balaban J connectivity index is 2.21. The number of halogens is 1. The molecule has 2 rings (SSSR count). The molecule has 0 radical (unpaired) electrons. The van der Waals surface area contributed by atoms with Gasteiger partial charge in [0.05, 0.1) is 9.24 Å². The molecular formula is C10H9ClN2O2S2. The summed E-state index contributed by atoms with van der Waals surface area (Å²) in [5.41, 5.74) is 5.34. The van der Waals surface area contributed by atoms with Crippen molar-refractivity contribution in [1.29, 1.82) is 0 Å². The Hall–Kier alpha value is -0.820. The molecule has 0 aromatic carbocycles. The normalized spacial score (nSPS) is 18.5. The highest BCUT2D eigenvalue weighted by molar-refractivity contribution is 8.18. The third-order valence-electron chi connectivity index (χ3n) is 2.09. The Morgan fingerprint density at radius 2 is 2.18 bits per heavy atom. The van der Waals surface area contributed by atoms with Gasteiger partial charge in [0.2, 0.25) is 0 Å². The first kappa shape index (κ1) is 12.6. The Bertz CT molecular complexity index is 498. The lowest BCUT2D eigenvalue weighted by Gasteiger charge is -2.09. The number of carbonyl (C=O) groups is 2. The number of hydrogen-bond acceptors (Lipinski definition) is 5. The van der Waals surface area contributed by atoms with E-state index in [4.69, 9.17) is 17.3 Å². The van der Waals surface area contributed by atoms with E-state index in [1.165, 1.54) is 11.3 Å². The number of thioether (sulfide) groups is 1. The molecule has 1 saturated heterocycles. The van der Waals surface area contributed by atoms with Gasteiger partial charge in [-0.2, -0.15) is 0 Å². The summed E-state index contributed by atoms with van der Waals surface area (Å²) in [5, 5.41) is -0.269. The van der Waals surface area contributed by atoms with Crippen molar-refractivity contribution in [3.05, 3.63) is 26.3 Å². The summed E-state index contributed by atoms with van der Waals surface area (Å²) in [6.07, 6.45) is 1.68. The smallest absolute Gasteiger partial charge is 0.293 e. The molecule has 2 amide bonds. The summed E-state index contributed by atoms with van der Waals surface area (Å²) in [5.74, 6) is -0.282. The Morgan fingerprint density at radius 3 is 2.76 bits per heavy atom. The van der Waals surface area contributed by atoms with Gasteiger partial charge < -0.3 is 5.73 Å². The van der Waals surface area contributed by atoms with Crippen LogP contribution in [0, 0.1) is 0 Å². The summed E-state index contributed by atoms with van der Waals surface area (Å²) in [6, 6.07) is 3.56. The minimum Gasteiger partial charge on any atom is -0.329 e. The highest BCUT2D eigenvalue weighted by atomic mass is 35.5.